The molecule has 170 valence electrons. The molecule has 11 heteroatoms. The van der Waals surface area contributed by atoms with E-state index in [1.807, 2.05) is 17.5 Å². The lowest BCUT2D eigenvalue weighted by molar-refractivity contribution is 0.102. The molecule has 1 N–H and O–H groups in total. The van der Waals surface area contributed by atoms with Gasteiger partial charge in [0.15, 0.2) is 5.13 Å². The lowest BCUT2D eigenvalue weighted by atomic mass is 10.2. The first-order valence-electron chi connectivity index (χ1n) is 9.71. The summed E-state index contributed by atoms with van der Waals surface area (Å²) in [5.74, 6) is -0.378. The molecule has 2 aromatic heterocycles. The van der Waals surface area contributed by atoms with Crippen LogP contribution in [0.1, 0.15) is 10.4 Å². The summed E-state index contributed by atoms with van der Waals surface area (Å²) in [5.41, 5.74) is 1.89. The Balaban J connectivity index is 1.70. The number of anilines is 1. The Hall–Kier alpha value is -2.70. The van der Waals surface area contributed by atoms with E-state index in [1.54, 1.807) is 12.4 Å². The summed E-state index contributed by atoms with van der Waals surface area (Å²) >= 11 is 1.30. The van der Waals surface area contributed by atoms with E-state index in [2.05, 4.69) is 15.3 Å². The number of sulfonamides is 1. The average molecular weight is 477 g/mol. The second kappa shape index (κ2) is 11.2. The van der Waals surface area contributed by atoms with E-state index in [4.69, 9.17) is 9.47 Å². The SMILES string of the molecule is COCCN(CCOC)S(=O)(=O)c1ccc(C(=O)Nc2nc(-c3cccnc3)cs2)cc1. The summed E-state index contributed by atoms with van der Waals surface area (Å²) in [5, 5.41) is 5.01. The Morgan fingerprint density at radius 2 is 1.78 bits per heavy atom. The van der Waals surface area contributed by atoms with E-state index in [0.717, 1.165) is 5.56 Å². The number of nitrogens with zero attached hydrogens (tertiary/aromatic N) is 3. The second-order valence-corrected chi connectivity index (χ2v) is 9.44. The summed E-state index contributed by atoms with van der Waals surface area (Å²) in [4.78, 5) is 21.1. The van der Waals surface area contributed by atoms with Crippen LogP contribution in [0.3, 0.4) is 0 Å². The highest BCUT2D eigenvalue weighted by Crippen LogP contribution is 2.24. The van der Waals surface area contributed by atoms with Crippen LogP contribution in [-0.2, 0) is 19.5 Å². The van der Waals surface area contributed by atoms with Crippen molar-refractivity contribution in [1.82, 2.24) is 14.3 Å². The van der Waals surface area contributed by atoms with Gasteiger partial charge in [-0.05, 0) is 36.4 Å². The molecule has 0 saturated heterocycles. The first kappa shape index (κ1) is 24.0. The quantitative estimate of drug-likeness (QED) is 0.453. The van der Waals surface area contributed by atoms with Gasteiger partial charge < -0.3 is 9.47 Å². The number of nitrogens with one attached hydrogen (secondary N) is 1. The molecule has 0 atom stereocenters. The Bertz CT molecular complexity index is 1110. The summed E-state index contributed by atoms with van der Waals surface area (Å²) in [6.07, 6.45) is 3.37. The molecule has 0 aliphatic carbocycles. The zero-order valence-corrected chi connectivity index (χ0v) is 19.4. The Morgan fingerprint density at radius 3 is 2.38 bits per heavy atom. The monoisotopic (exact) mass is 476 g/mol. The predicted molar refractivity (Wildman–Crippen MR) is 122 cm³/mol. The lowest BCUT2D eigenvalue weighted by Gasteiger charge is -2.21. The van der Waals surface area contributed by atoms with Crippen LogP contribution in [-0.4, -0.2) is 69.1 Å². The van der Waals surface area contributed by atoms with E-state index in [9.17, 15) is 13.2 Å². The van der Waals surface area contributed by atoms with Crippen molar-refractivity contribution in [3.63, 3.8) is 0 Å². The topological polar surface area (TPSA) is 111 Å². The average Bonchev–Trinajstić information content (AvgIpc) is 3.28. The molecular weight excluding hydrogens is 452 g/mol. The Kier molecular flexibility index (Phi) is 8.42. The molecule has 3 rings (SSSR count). The van der Waals surface area contributed by atoms with Crippen molar-refractivity contribution in [3.05, 3.63) is 59.7 Å². The van der Waals surface area contributed by atoms with Crippen molar-refractivity contribution in [2.75, 3.05) is 45.8 Å². The number of amides is 1. The number of pyridine rings is 1. The largest absolute Gasteiger partial charge is 0.383 e. The van der Waals surface area contributed by atoms with Gasteiger partial charge in [0.2, 0.25) is 10.0 Å². The van der Waals surface area contributed by atoms with Crippen LogP contribution in [0.15, 0.2) is 59.1 Å². The van der Waals surface area contributed by atoms with E-state index >= 15 is 0 Å². The number of hydrogen-bond donors (Lipinski definition) is 1. The smallest absolute Gasteiger partial charge is 0.257 e. The minimum atomic E-state index is -3.75. The molecule has 0 spiro atoms. The van der Waals surface area contributed by atoms with Crippen LogP contribution in [0.25, 0.3) is 11.3 Å². The predicted octanol–water partition coefficient (Wildman–Crippen LogP) is 2.74. The number of carbonyl (C=O) groups is 1. The molecule has 1 aromatic carbocycles. The van der Waals surface area contributed by atoms with Gasteiger partial charge in [-0.2, -0.15) is 4.31 Å². The maximum absolute atomic E-state index is 13.0. The normalized spacial score (nSPS) is 11.6. The number of thiazole rings is 1. The zero-order valence-electron chi connectivity index (χ0n) is 17.7. The van der Waals surface area contributed by atoms with Crippen molar-refractivity contribution < 1.29 is 22.7 Å². The van der Waals surface area contributed by atoms with E-state index in [-0.39, 0.29) is 37.1 Å². The number of aromatic nitrogens is 2. The number of carbonyl (C=O) groups excluding carboxylic acids is 1. The highest BCUT2D eigenvalue weighted by Gasteiger charge is 2.24. The fourth-order valence-electron chi connectivity index (χ4n) is 2.81. The summed E-state index contributed by atoms with van der Waals surface area (Å²) < 4.78 is 37.2. The number of rotatable bonds is 11. The van der Waals surface area contributed by atoms with E-state index in [1.165, 1.54) is 54.1 Å². The van der Waals surface area contributed by atoms with Gasteiger partial charge >= 0.3 is 0 Å². The van der Waals surface area contributed by atoms with Crippen molar-refractivity contribution in [2.24, 2.45) is 0 Å². The van der Waals surface area contributed by atoms with Gasteiger partial charge in [0.1, 0.15) is 0 Å². The van der Waals surface area contributed by atoms with Crippen LogP contribution in [0.4, 0.5) is 5.13 Å². The van der Waals surface area contributed by atoms with E-state index < -0.39 is 10.0 Å². The zero-order chi connectivity index (χ0) is 23.0. The minimum absolute atomic E-state index is 0.0920. The molecule has 0 aliphatic heterocycles. The third kappa shape index (κ3) is 5.96. The molecule has 3 aromatic rings. The highest BCUT2D eigenvalue weighted by molar-refractivity contribution is 7.89. The molecule has 2 heterocycles. The fraction of sp³-hybridized carbons (Fsp3) is 0.286. The maximum Gasteiger partial charge on any atom is 0.257 e. The standard InChI is InChI=1S/C21H24N4O5S2/c1-29-12-10-25(11-13-30-2)32(27,28)18-7-5-16(6-8-18)20(26)24-21-23-19(15-31-21)17-4-3-9-22-14-17/h3-9,14-15H,10-13H2,1-2H3,(H,23,24,26). The summed E-state index contributed by atoms with van der Waals surface area (Å²) in [7, 11) is -0.728. The molecular formula is C21H24N4O5S2. The van der Waals surface area contributed by atoms with Gasteiger partial charge in [-0.1, -0.05) is 0 Å². The van der Waals surface area contributed by atoms with Crippen LogP contribution < -0.4 is 5.32 Å². The molecule has 0 bridgehead atoms. The van der Waals surface area contributed by atoms with Gasteiger partial charge in [0, 0.05) is 56.2 Å². The van der Waals surface area contributed by atoms with Crippen LogP contribution in [0.2, 0.25) is 0 Å². The van der Waals surface area contributed by atoms with Crippen molar-refractivity contribution in [1.29, 1.82) is 0 Å². The number of hydrogen-bond acceptors (Lipinski definition) is 8. The fourth-order valence-corrected chi connectivity index (χ4v) is 4.94. The Morgan fingerprint density at radius 1 is 1.09 bits per heavy atom. The number of methoxy groups -OCH3 is 2. The first-order chi connectivity index (χ1) is 15.5. The molecule has 1 amide bonds. The third-order valence-corrected chi connectivity index (χ3v) is 7.20. The third-order valence-electron chi connectivity index (χ3n) is 4.53. The van der Waals surface area contributed by atoms with Gasteiger partial charge in [-0.25, -0.2) is 13.4 Å². The van der Waals surface area contributed by atoms with Gasteiger partial charge in [-0.3, -0.25) is 15.1 Å². The Labute approximate surface area is 191 Å². The molecule has 0 radical (unpaired) electrons. The van der Waals surface area contributed by atoms with Gasteiger partial charge in [-0.15, -0.1) is 11.3 Å². The highest BCUT2D eigenvalue weighted by atomic mass is 32.2. The van der Waals surface area contributed by atoms with Crippen molar-refractivity contribution in [2.45, 2.75) is 4.90 Å². The van der Waals surface area contributed by atoms with Crippen molar-refractivity contribution in [3.8, 4) is 11.3 Å². The first-order valence-corrected chi connectivity index (χ1v) is 12.0. The molecule has 32 heavy (non-hydrogen) atoms. The van der Waals surface area contributed by atoms with Crippen molar-refractivity contribution >= 4 is 32.4 Å². The number of ether oxygens (including phenoxy) is 2. The summed E-state index contributed by atoms with van der Waals surface area (Å²) in [6, 6.07) is 9.48. The second-order valence-electron chi connectivity index (χ2n) is 6.65. The molecule has 9 nitrogen and oxygen atoms in total. The lowest BCUT2D eigenvalue weighted by Crippen LogP contribution is -2.36. The maximum atomic E-state index is 13.0. The number of benzene rings is 1. The van der Waals surface area contributed by atoms with Gasteiger partial charge in [0.05, 0.1) is 23.8 Å². The molecule has 0 aliphatic rings. The van der Waals surface area contributed by atoms with Crippen LogP contribution in [0.5, 0.6) is 0 Å². The minimum Gasteiger partial charge on any atom is -0.383 e. The molecule has 0 fully saturated rings. The van der Waals surface area contributed by atoms with Crippen LogP contribution >= 0.6 is 11.3 Å². The molecule has 0 unspecified atom stereocenters. The molecule has 0 saturated carbocycles. The van der Waals surface area contributed by atoms with Crippen LogP contribution in [0, 0.1) is 0 Å². The summed E-state index contributed by atoms with van der Waals surface area (Å²) in [6.45, 7) is 0.929. The van der Waals surface area contributed by atoms with E-state index in [0.29, 0.717) is 16.4 Å². The van der Waals surface area contributed by atoms with Gasteiger partial charge in [0.25, 0.3) is 5.91 Å².